The van der Waals surface area contributed by atoms with Crippen molar-refractivity contribution in [2.24, 2.45) is 11.7 Å². The molecule has 72 valence electrons. The number of hydrogen-bond donors (Lipinski definition) is 2. The van der Waals surface area contributed by atoms with Gasteiger partial charge in [-0.3, -0.25) is 5.41 Å². The van der Waals surface area contributed by atoms with E-state index < -0.39 is 10.0 Å². The van der Waals surface area contributed by atoms with Crippen LogP contribution in [-0.4, -0.2) is 38.4 Å². The molecule has 0 bridgehead atoms. The lowest BCUT2D eigenvalue weighted by Crippen LogP contribution is -2.35. The fourth-order valence-corrected chi connectivity index (χ4v) is 1.11. The van der Waals surface area contributed by atoms with Crippen LogP contribution in [0.15, 0.2) is 0 Å². The Kier molecular flexibility index (Phi) is 3.66. The number of rotatable bonds is 4. The molecule has 1 atom stereocenters. The standard InChI is InChI=1S/C6H15N3O2S/c1-5(6(7)8)4-9(2)12(3,10)11/h5H,4H2,1-3H3,(H3,7,8). The topological polar surface area (TPSA) is 87.2 Å². The highest BCUT2D eigenvalue weighted by atomic mass is 32.2. The zero-order chi connectivity index (χ0) is 9.94. The van der Waals surface area contributed by atoms with Gasteiger partial charge < -0.3 is 5.73 Å². The van der Waals surface area contributed by atoms with Gasteiger partial charge in [0.2, 0.25) is 10.0 Å². The van der Waals surface area contributed by atoms with Crippen molar-refractivity contribution < 1.29 is 8.42 Å². The SMILES string of the molecule is CC(CN(C)S(C)(=O)=O)C(=N)N. The van der Waals surface area contributed by atoms with Crippen molar-refractivity contribution in [2.45, 2.75) is 6.92 Å². The Morgan fingerprint density at radius 1 is 1.67 bits per heavy atom. The van der Waals surface area contributed by atoms with Crippen LogP contribution in [0.5, 0.6) is 0 Å². The third kappa shape index (κ3) is 3.68. The number of nitrogens with zero attached hydrogens (tertiary/aromatic N) is 1. The largest absolute Gasteiger partial charge is 0.387 e. The smallest absolute Gasteiger partial charge is 0.210 e. The Labute approximate surface area is 73.1 Å². The molecule has 0 radical (unpaired) electrons. The van der Waals surface area contributed by atoms with Gasteiger partial charge in [0.25, 0.3) is 0 Å². The van der Waals surface area contributed by atoms with Gasteiger partial charge in [-0.2, -0.15) is 0 Å². The van der Waals surface area contributed by atoms with Crippen LogP contribution < -0.4 is 5.73 Å². The van der Waals surface area contributed by atoms with Crippen LogP contribution in [0.3, 0.4) is 0 Å². The average molecular weight is 193 g/mol. The van der Waals surface area contributed by atoms with Gasteiger partial charge in [-0.15, -0.1) is 0 Å². The maximum atomic E-state index is 10.9. The minimum atomic E-state index is -3.15. The van der Waals surface area contributed by atoms with Gasteiger partial charge in [-0.1, -0.05) is 6.92 Å². The molecular formula is C6H15N3O2S. The van der Waals surface area contributed by atoms with Gasteiger partial charge in [-0.25, -0.2) is 12.7 Å². The van der Waals surface area contributed by atoms with Crippen LogP contribution >= 0.6 is 0 Å². The van der Waals surface area contributed by atoms with Crippen LogP contribution in [-0.2, 0) is 10.0 Å². The molecule has 5 nitrogen and oxygen atoms in total. The Balaban J connectivity index is 4.20. The molecule has 3 N–H and O–H groups in total. The number of amidine groups is 1. The summed E-state index contributed by atoms with van der Waals surface area (Å²) in [4.78, 5) is 0. The van der Waals surface area contributed by atoms with Crippen molar-refractivity contribution >= 4 is 15.9 Å². The molecule has 0 saturated heterocycles. The highest BCUT2D eigenvalue weighted by Gasteiger charge is 2.15. The molecule has 0 aliphatic carbocycles. The third-order valence-corrected chi connectivity index (χ3v) is 2.91. The second-order valence-electron chi connectivity index (χ2n) is 2.90. The van der Waals surface area contributed by atoms with E-state index in [1.165, 1.54) is 11.4 Å². The summed E-state index contributed by atoms with van der Waals surface area (Å²) in [6.07, 6.45) is 1.12. The first-order valence-corrected chi connectivity index (χ1v) is 5.35. The Morgan fingerprint density at radius 3 is 2.33 bits per heavy atom. The van der Waals surface area contributed by atoms with Gasteiger partial charge >= 0.3 is 0 Å². The molecule has 0 aromatic rings. The lowest BCUT2D eigenvalue weighted by Gasteiger charge is -2.17. The normalized spacial score (nSPS) is 14.7. The molecule has 0 spiro atoms. The van der Waals surface area contributed by atoms with Crippen molar-refractivity contribution in [3.05, 3.63) is 0 Å². The maximum Gasteiger partial charge on any atom is 0.210 e. The van der Waals surface area contributed by atoms with E-state index in [1.54, 1.807) is 6.92 Å². The van der Waals surface area contributed by atoms with Crippen LogP contribution in [0.25, 0.3) is 0 Å². The Morgan fingerprint density at radius 2 is 2.08 bits per heavy atom. The van der Waals surface area contributed by atoms with E-state index in [2.05, 4.69) is 0 Å². The van der Waals surface area contributed by atoms with Crippen molar-refractivity contribution in [1.82, 2.24) is 4.31 Å². The summed E-state index contributed by atoms with van der Waals surface area (Å²) in [7, 11) is -1.68. The third-order valence-electron chi connectivity index (χ3n) is 1.63. The molecule has 6 heteroatoms. The molecule has 0 aromatic heterocycles. The van der Waals surface area contributed by atoms with E-state index >= 15 is 0 Å². The van der Waals surface area contributed by atoms with E-state index in [1.807, 2.05) is 0 Å². The summed E-state index contributed by atoms with van der Waals surface area (Å²) in [6, 6.07) is 0. The minimum Gasteiger partial charge on any atom is -0.387 e. The second-order valence-corrected chi connectivity index (χ2v) is 4.99. The molecule has 0 amide bonds. The highest BCUT2D eigenvalue weighted by Crippen LogP contribution is 2.00. The highest BCUT2D eigenvalue weighted by molar-refractivity contribution is 7.88. The fraction of sp³-hybridized carbons (Fsp3) is 0.833. The second kappa shape index (κ2) is 3.86. The summed E-state index contributed by atoms with van der Waals surface area (Å²) in [5, 5.41) is 7.05. The molecule has 0 fully saturated rings. The molecule has 1 unspecified atom stereocenters. The van der Waals surface area contributed by atoms with Crippen molar-refractivity contribution in [1.29, 1.82) is 5.41 Å². The number of nitrogens with two attached hydrogens (primary N) is 1. The lowest BCUT2D eigenvalue weighted by atomic mass is 10.2. The van der Waals surface area contributed by atoms with Crippen LogP contribution in [0, 0.1) is 11.3 Å². The van der Waals surface area contributed by atoms with Crippen molar-refractivity contribution in [3.63, 3.8) is 0 Å². The van der Waals surface area contributed by atoms with E-state index in [4.69, 9.17) is 11.1 Å². The van der Waals surface area contributed by atoms with E-state index in [0.717, 1.165) is 6.26 Å². The Bertz CT molecular complexity index is 260. The van der Waals surface area contributed by atoms with Crippen LogP contribution in [0.4, 0.5) is 0 Å². The Hall–Kier alpha value is -0.620. The first-order valence-electron chi connectivity index (χ1n) is 3.50. The number of sulfonamides is 1. The summed E-state index contributed by atoms with van der Waals surface area (Å²) in [5.74, 6) is -0.227. The zero-order valence-electron chi connectivity index (χ0n) is 7.53. The van der Waals surface area contributed by atoms with Gasteiger partial charge in [-0.05, 0) is 0 Å². The molecule has 0 aliphatic heterocycles. The minimum absolute atomic E-state index is 0.00509. The van der Waals surface area contributed by atoms with E-state index in [9.17, 15) is 8.42 Å². The molecular weight excluding hydrogens is 178 g/mol. The first-order chi connectivity index (χ1) is 5.25. The van der Waals surface area contributed by atoms with Gasteiger partial charge in [0.1, 0.15) is 0 Å². The molecule has 0 rings (SSSR count). The predicted octanol–water partition coefficient (Wildman–Crippen LogP) is -0.550. The summed E-state index contributed by atoms with van der Waals surface area (Å²) in [5.41, 5.74) is 5.19. The summed E-state index contributed by atoms with van der Waals surface area (Å²) in [6.45, 7) is 1.97. The van der Waals surface area contributed by atoms with Gasteiger partial charge in [0.15, 0.2) is 0 Å². The predicted molar refractivity (Wildman–Crippen MR) is 48.6 cm³/mol. The molecule has 0 aliphatic rings. The van der Waals surface area contributed by atoms with Crippen LogP contribution in [0.2, 0.25) is 0 Å². The molecule has 0 saturated carbocycles. The van der Waals surface area contributed by atoms with Crippen LogP contribution in [0.1, 0.15) is 6.92 Å². The van der Waals surface area contributed by atoms with Gasteiger partial charge in [0.05, 0.1) is 12.1 Å². The average Bonchev–Trinajstić information content (AvgIpc) is 1.85. The fourth-order valence-electron chi connectivity index (χ4n) is 0.619. The number of hydrogen-bond acceptors (Lipinski definition) is 3. The zero-order valence-corrected chi connectivity index (χ0v) is 8.35. The molecule has 0 heterocycles. The monoisotopic (exact) mass is 193 g/mol. The number of nitrogens with one attached hydrogen (secondary N) is 1. The quantitative estimate of drug-likeness (QED) is 0.464. The molecule has 12 heavy (non-hydrogen) atoms. The summed E-state index contributed by atoms with van der Waals surface area (Å²) >= 11 is 0. The van der Waals surface area contributed by atoms with E-state index in [0.29, 0.717) is 0 Å². The van der Waals surface area contributed by atoms with Crippen molar-refractivity contribution in [3.8, 4) is 0 Å². The lowest BCUT2D eigenvalue weighted by molar-refractivity contribution is 0.447. The van der Waals surface area contributed by atoms with Crippen molar-refractivity contribution in [2.75, 3.05) is 19.8 Å². The maximum absolute atomic E-state index is 10.9. The molecule has 0 aromatic carbocycles. The first kappa shape index (κ1) is 11.4. The van der Waals surface area contributed by atoms with Gasteiger partial charge in [0, 0.05) is 19.5 Å². The summed E-state index contributed by atoms with van der Waals surface area (Å²) < 4.78 is 23.0. The van der Waals surface area contributed by atoms with E-state index in [-0.39, 0.29) is 18.3 Å².